The molecule has 13 heavy (non-hydrogen) atoms. The average Bonchev–Trinajstić information content (AvgIpc) is 2.19. The topological polar surface area (TPSA) is 12.5 Å². The van der Waals surface area contributed by atoms with Crippen molar-refractivity contribution < 1.29 is 4.74 Å². The molecule has 1 saturated carbocycles. The van der Waals surface area contributed by atoms with Gasteiger partial charge in [0.25, 0.3) is 0 Å². The van der Waals surface area contributed by atoms with Crippen molar-refractivity contribution in [3.05, 3.63) is 0 Å². The molecule has 1 unspecified atom stereocenters. The predicted octanol–water partition coefficient (Wildman–Crippen LogP) is 2.04. The second-order valence-corrected chi connectivity index (χ2v) is 4.47. The van der Waals surface area contributed by atoms with E-state index in [4.69, 9.17) is 4.74 Å². The summed E-state index contributed by atoms with van der Waals surface area (Å²) in [6.45, 7) is 5.45. The van der Waals surface area contributed by atoms with Crippen LogP contribution in [-0.2, 0) is 4.74 Å². The van der Waals surface area contributed by atoms with E-state index in [1.54, 1.807) is 0 Å². The molecule has 76 valence electrons. The molecule has 1 aliphatic carbocycles. The van der Waals surface area contributed by atoms with E-state index >= 15 is 0 Å². The Morgan fingerprint density at radius 3 is 2.62 bits per heavy atom. The quantitative estimate of drug-likeness (QED) is 0.617. The Labute approximate surface area is 81.3 Å². The molecule has 0 radical (unpaired) electrons. The normalized spacial score (nSPS) is 33.5. The van der Waals surface area contributed by atoms with Crippen molar-refractivity contribution in [3.8, 4) is 0 Å². The fourth-order valence-corrected chi connectivity index (χ4v) is 2.62. The van der Waals surface area contributed by atoms with Crippen molar-refractivity contribution in [1.29, 1.82) is 0 Å². The number of ether oxygens (including phenoxy) is 1. The van der Waals surface area contributed by atoms with Gasteiger partial charge in [0.05, 0.1) is 12.7 Å². The van der Waals surface area contributed by atoms with E-state index in [1.165, 1.54) is 32.1 Å². The van der Waals surface area contributed by atoms with Crippen molar-refractivity contribution in [2.24, 2.45) is 0 Å². The molecule has 0 aromatic heterocycles. The smallest absolute Gasteiger partial charge is 0.0674 e. The van der Waals surface area contributed by atoms with Crippen LogP contribution in [0.2, 0.25) is 0 Å². The van der Waals surface area contributed by atoms with Crippen LogP contribution in [0, 0.1) is 0 Å². The van der Waals surface area contributed by atoms with Crippen LogP contribution in [0.15, 0.2) is 0 Å². The maximum Gasteiger partial charge on any atom is 0.0674 e. The molecule has 2 rings (SSSR count). The lowest BCUT2D eigenvalue weighted by Crippen LogP contribution is -2.47. The van der Waals surface area contributed by atoms with Crippen LogP contribution >= 0.6 is 0 Å². The van der Waals surface area contributed by atoms with Crippen LogP contribution in [0.1, 0.15) is 39.0 Å². The highest BCUT2D eigenvalue weighted by molar-refractivity contribution is 4.79. The molecule has 2 fully saturated rings. The van der Waals surface area contributed by atoms with E-state index in [-0.39, 0.29) is 0 Å². The lowest BCUT2D eigenvalue weighted by molar-refractivity contribution is -0.0392. The van der Waals surface area contributed by atoms with E-state index < -0.39 is 0 Å². The maximum atomic E-state index is 5.56. The standard InChI is InChI=1S/C11H21NO/c1-10-9-12(7-8-13-10)11-5-3-2-4-6-11/h10-11H,2-9H2,1H3. The fraction of sp³-hybridized carbons (Fsp3) is 1.00. The Bertz CT molecular complexity index is 154. The molecular formula is C11H21NO. The highest BCUT2D eigenvalue weighted by Crippen LogP contribution is 2.23. The summed E-state index contributed by atoms with van der Waals surface area (Å²) in [4.78, 5) is 2.65. The van der Waals surface area contributed by atoms with Crippen LogP contribution in [-0.4, -0.2) is 36.7 Å². The van der Waals surface area contributed by atoms with Gasteiger partial charge in [0.1, 0.15) is 0 Å². The number of hydrogen-bond acceptors (Lipinski definition) is 2. The minimum atomic E-state index is 0.454. The molecule has 0 aromatic carbocycles. The van der Waals surface area contributed by atoms with Crippen LogP contribution in [0.3, 0.4) is 0 Å². The Morgan fingerprint density at radius 1 is 1.15 bits per heavy atom. The van der Waals surface area contributed by atoms with Crippen LogP contribution < -0.4 is 0 Å². The van der Waals surface area contributed by atoms with Gasteiger partial charge >= 0.3 is 0 Å². The van der Waals surface area contributed by atoms with Crippen molar-refractivity contribution in [3.63, 3.8) is 0 Å². The van der Waals surface area contributed by atoms with Gasteiger partial charge < -0.3 is 4.74 Å². The number of rotatable bonds is 1. The van der Waals surface area contributed by atoms with E-state index in [0.29, 0.717) is 6.10 Å². The molecule has 1 aliphatic heterocycles. The SMILES string of the molecule is CC1CN(C2CCCCC2)CCO1. The first-order valence-corrected chi connectivity index (χ1v) is 5.72. The molecule has 2 nitrogen and oxygen atoms in total. The second kappa shape index (κ2) is 4.43. The summed E-state index contributed by atoms with van der Waals surface area (Å²) in [7, 11) is 0. The molecule has 1 heterocycles. The zero-order valence-corrected chi connectivity index (χ0v) is 8.67. The van der Waals surface area contributed by atoms with Gasteiger partial charge in [-0.1, -0.05) is 19.3 Å². The summed E-state index contributed by atoms with van der Waals surface area (Å²) in [5.74, 6) is 0. The van der Waals surface area contributed by atoms with E-state index in [1.807, 2.05) is 0 Å². The first-order valence-electron chi connectivity index (χ1n) is 5.72. The third-order valence-corrected chi connectivity index (χ3v) is 3.36. The Hall–Kier alpha value is -0.0800. The molecule has 0 N–H and O–H groups in total. The van der Waals surface area contributed by atoms with E-state index in [0.717, 1.165) is 25.7 Å². The zero-order valence-electron chi connectivity index (χ0n) is 8.67. The first-order chi connectivity index (χ1) is 6.36. The summed E-state index contributed by atoms with van der Waals surface area (Å²) in [5.41, 5.74) is 0. The van der Waals surface area contributed by atoms with Gasteiger partial charge in [-0.2, -0.15) is 0 Å². The lowest BCUT2D eigenvalue weighted by atomic mass is 9.94. The Balaban J connectivity index is 1.83. The summed E-state index contributed by atoms with van der Waals surface area (Å²) in [5, 5.41) is 0. The number of morpholine rings is 1. The molecule has 0 bridgehead atoms. The molecule has 1 saturated heterocycles. The molecular weight excluding hydrogens is 162 g/mol. The van der Waals surface area contributed by atoms with Gasteiger partial charge in [0.2, 0.25) is 0 Å². The molecule has 2 aliphatic rings. The number of hydrogen-bond donors (Lipinski definition) is 0. The molecule has 0 spiro atoms. The lowest BCUT2D eigenvalue weighted by Gasteiger charge is -2.39. The summed E-state index contributed by atoms with van der Waals surface area (Å²) in [6, 6.07) is 0.875. The van der Waals surface area contributed by atoms with Crippen LogP contribution in [0.5, 0.6) is 0 Å². The molecule has 0 aromatic rings. The van der Waals surface area contributed by atoms with Gasteiger partial charge in [-0.15, -0.1) is 0 Å². The van der Waals surface area contributed by atoms with Crippen molar-refractivity contribution in [1.82, 2.24) is 4.90 Å². The maximum absolute atomic E-state index is 5.56. The third kappa shape index (κ3) is 2.44. The molecule has 2 heteroatoms. The highest BCUT2D eigenvalue weighted by atomic mass is 16.5. The fourth-order valence-electron chi connectivity index (χ4n) is 2.62. The number of nitrogens with zero attached hydrogens (tertiary/aromatic N) is 1. The van der Waals surface area contributed by atoms with Crippen molar-refractivity contribution in [2.75, 3.05) is 19.7 Å². The van der Waals surface area contributed by atoms with Crippen LogP contribution in [0.25, 0.3) is 0 Å². The minimum absolute atomic E-state index is 0.454. The van der Waals surface area contributed by atoms with E-state index in [2.05, 4.69) is 11.8 Å². The highest BCUT2D eigenvalue weighted by Gasteiger charge is 2.25. The van der Waals surface area contributed by atoms with Gasteiger partial charge in [-0.25, -0.2) is 0 Å². The van der Waals surface area contributed by atoms with Gasteiger partial charge in [0.15, 0.2) is 0 Å². The summed E-state index contributed by atoms with van der Waals surface area (Å²) >= 11 is 0. The largest absolute Gasteiger partial charge is 0.376 e. The van der Waals surface area contributed by atoms with Gasteiger partial charge in [-0.3, -0.25) is 4.90 Å². The molecule has 0 amide bonds. The van der Waals surface area contributed by atoms with Crippen molar-refractivity contribution in [2.45, 2.75) is 51.2 Å². The van der Waals surface area contributed by atoms with Gasteiger partial charge in [0, 0.05) is 19.1 Å². The second-order valence-electron chi connectivity index (χ2n) is 4.47. The van der Waals surface area contributed by atoms with E-state index in [9.17, 15) is 0 Å². The van der Waals surface area contributed by atoms with Gasteiger partial charge in [-0.05, 0) is 19.8 Å². The summed E-state index contributed by atoms with van der Waals surface area (Å²) < 4.78 is 5.56. The third-order valence-electron chi connectivity index (χ3n) is 3.36. The average molecular weight is 183 g/mol. The Morgan fingerprint density at radius 2 is 1.92 bits per heavy atom. The minimum Gasteiger partial charge on any atom is -0.376 e. The summed E-state index contributed by atoms with van der Waals surface area (Å²) in [6.07, 6.45) is 7.64. The molecule has 1 atom stereocenters. The van der Waals surface area contributed by atoms with Crippen LogP contribution in [0.4, 0.5) is 0 Å². The predicted molar refractivity (Wildman–Crippen MR) is 53.9 cm³/mol. The zero-order chi connectivity index (χ0) is 9.10. The monoisotopic (exact) mass is 183 g/mol. The first kappa shape index (κ1) is 9.47. The Kier molecular flexibility index (Phi) is 3.23. The van der Waals surface area contributed by atoms with Crippen molar-refractivity contribution >= 4 is 0 Å².